The number of hydrogen-bond acceptors (Lipinski definition) is 1. The fourth-order valence-electron chi connectivity index (χ4n) is 3.34. The first-order chi connectivity index (χ1) is 10.3. The summed E-state index contributed by atoms with van der Waals surface area (Å²) < 4.78 is 0. The minimum Gasteiger partial charge on any atom is -0.483 e. The van der Waals surface area contributed by atoms with Crippen LogP contribution in [0, 0.1) is 0 Å². The van der Waals surface area contributed by atoms with E-state index in [1.807, 2.05) is 0 Å². The van der Waals surface area contributed by atoms with Crippen LogP contribution in [0.1, 0.15) is 24.0 Å². The Bertz CT molecular complexity index is 796. The minimum atomic E-state index is -0.250. The molecule has 0 aliphatic heterocycles. The number of benzene rings is 3. The minimum absolute atomic E-state index is 0. The first-order valence-corrected chi connectivity index (χ1v) is 7.35. The van der Waals surface area contributed by atoms with Crippen LogP contribution in [0.2, 0.25) is 0 Å². The maximum Gasteiger partial charge on any atom is 0.290 e. The molecule has 0 atom stereocenters. The van der Waals surface area contributed by atoms with E-state index in [1.165, 1.54) is 47.2 Å². The third-order valence-corrected chi connectivity index (χ3v) is 4.26. The summed E-state index contributed by atoms with van der Waals surface area (Å²) in [5.74, 6) is 0. The number of carboxylic acid groups (broad SMARTS) is 1. The molecule has 3 aromatic carbocycles. The van der Waals surface area contributed by atoms with Gasteiger partial charge < -0.3 is 5.11 Å². The van der Waals surface area contributed by atoms with Gasteiger partial charge in [0.15, 0.2) is 0 Å². The number of rotatable bonds is 0. The van der Waals surface area contributed by atoms with E-state index in [1.54, 1.807) is 11.1 Å². The van der Waals surface area contributed by atoms with Gasteiger partial charge in [-0.1, -0.05) is 48.5 Å². The van der Waals surface area contributed by atoms with Gasteiger partial charge in [-0.2, -0.15) is 0 Å². The predicted molar refractivity (Wildman–Crippen MR) is 86.8 cm³/mol. The van der Waals surface area contributed by atoms with Crippen molar-refractivity contribution in [3.05, 3.63) is 59.7 Å². The molecule has 1 radical (unpaired) electrons. The van der Waals surface area contributed by atoms with Crippen molar-refractivity contribution in [1.29, 1.82) is 0 Å². The number of carbonyl (C=O) groups is 1. The summed E-state index contributed by atoms with van der Waals surface area (Å²) in [4.78, 5) is 8.36. The molecule has 1 aliphatic rings. The van der Waals surface area contributed by atoms with Crippen molar-refractivity contribution >= 4 is 28.0 Å². The molecule has 0 saturated heterocycles. The molecule has 0 saturated carbocycles. The monoisotopic (exact) mass is 341 g/mol. The zero-order valence-corrected chi connectivity index (χ0v) is 13.1. The van der Waals surface area contributed by atoms with Crippen LogP contribution in [-0.4, -0.2) is 11.6 Å². The zero-order valence-electron chi connectivity index (χ0n) is 12.2. The van der Waals surface area contributed by atoms with Crippen LogP contribution in [0.3, 0.4) is 0 Å². The molecule has 0 fully saturated rings. The average Bonchev–Trinajstić information content (AvgIpc) is 2.55. The fourth-order valence-corrected chi connectivity index (χ4v) is 3.34. The Balaban J connectivity index is 0.000000411. The Morgan fingerprint density at radius 2 is 1.50 bits per heavy atom. The molecule has 0 heterocycles. The van der Waals surface area contributed by atoms with E-state index in [9.17, 15) is 0 Å². The summed E-state index contributed by atoms with van der Waals surface area (Å²) in [6.45, 7) is -0.250. The van der Waals surface area contributed by atoms with Gasteiger partial charge in [0, 0.05) is 17.1 Å². The van der Waals surface area contributed by atoms with Gasteiger partial charge >= 0.3 is 0 Å². The second kappa shape index (κ2) is 7.44. The normalized spacial score (nSPS) is 12.7. The molecule has 3 heteroatoms. The predicted octanol–water partition coefficient (Wildman–Crippen LogP) is 4.57. The summed E-state index contributed by atoms with van der Waals surface area (Å²) in [5.41, 5.74) is 3.17. The van der Waals surface area contributed by atoms with E-state index in [-0.39, 0.29) is 23.5 Å². The van der Waals surface area contributed by atoms with Gasteiger partial charge in [-0.05, 0) is 58.4 Å². The molecular weight excluding hydrogens is 324 g/mol. The quantitative estimate of drug-likeness (QED) is 0.369. The number of aryl methyl sites for hydroxylation is 2. The first-order valence-electron chi connectivity index (χ1n) is 7.35. The molecule has 1 aliphatic carbocycles. The topological polar surface area (TPSA) is 37.3 Å². The molecule has 0 bridgehead atoms. The van der Waals surface area contributed by atoms with Crippen molar-refractivity contribution in [2.24, 2.45) is 0 Å². The Morgan fingerprint density at radius 1 is 0.818 bits per heavy atom. The van der Waals surface area contributed by atoms with E-state index in [2.05, 4.69) is 48.5 Å². The van der Waals surface area contributed by atoms with E-state index >= 15 is 0 Å². The van der Waals surface area contributed by atoms with Crippen LogP contribution in [0.5, 0.6) is 0 Å². The SMILES string of the molecule is O=CO.[Cu].c1ccc2c(c1)ccc1c3c(ccc12)CCCC3. The molecule has 0 aromatic heterocycles. The van der Waals surface area contributed by atoms with Gasteiger partial charge in [0.2, 0.25) is 0 Å². The second-order valence-electron chi connectivity index (χ2n) is 5.40. The maximum atomic E-state index is 8.36. The van der Waals surface area contributed by atoms with Gasteiger partial charge in [-0.3, -0.25) is 4.79 Å². The average molecular weight is 342 g/mol. The third-order valence-electron chi connectivity index (χ3n) is 4.26. The van der Waals surface area contributed by atoms with E-state index in [0.717, 1.165) is 0 Å². The molecule has 2 nitrogen and oxygen atoms in total. The fraction of sp³-hybridized carbons (Fsp3) is 0.211. The largest absolute Gasteiger partial charge is 0.483 e. The van der Waals surface area contributed by atoms with E-state index < -0.39 is 0 Å². The molecule has 4 rings (SSSR count). The summed E-state index contributed by atoms with van der Waals surface area (Å²) >= 11 is 0. The van der Waals surface area contributed by atoms with Crippen LogP contribution < -0.4 is 0 Å². The molecule has 1 N–H and O–H groups in total. The van der Waals surface area contributed by atoms with Crippen LogP contribution >= 0.6 is 0 Å². The van der Waals surface area contributed by atoms with Crippen molar-refractivity contribution in [1.82, 2.24) is 0 Å². The smallest absolute Gasteiger partial charge is 0.290 e. The standard InChI is InChI=1S/C18H16.CH2O2.Cu/c1-3-7-15-13(5-1)9-11-18-16-8-4-2-6-14(16)10-12-17(15)18;2-1-3;/h1,3,5,7,9-12H,2,4,6,8H2;1H,(H,2,3);. The van der Waals surface area contributed by atoms with Crippen LogP contribution in [0.15, 0.2) is 48.5 Å². The summed E-state index contributed by atoms with van der Waals surface area (Å²) in [6, 6.07) is 18.0. The molecular formula is C19H18CuO2. The summed E-state index contributed by atoms with van der Waals surface area (Å²) in [7, 11) is 0. The second-order valence-corrected chi connectivity index (χ2v) is 5.40. The van der Waals surface area contributed by atoms with Gasteiger partial charge in [0.1, 0.15) is 0 Å². The molecule has 22 heavy (non-hydrogen) atoms. The molecule has 0 spiro atoms. The Kier molecular flexibility index (Phi) is 5.59. The van der Waals surface area contributed by atoms with Crippen LogP contribution in [0.25, 0.3) is 21.5 Å². The number of hydrogen-bond donors (Lipinski definition) is 1. The summed E-state index contributed by atoms with van der Waals surface area (Å²) in [6.07, 6.45) is 5.22. The maximum absolute atomic E-state index is 8.36. The first kappa shape index (κ1) is 16.5. The third kappa shape index (κ3) is 3.01. The molecule has 0 amide bonds. The van der Waals surface area contributed by atoms with Crippen LogP contribution in [0.4, 0.5) is 0 Å². The Labute approximate surface area is 140 Å². The van der Waals surface area contributed by atoms with Gasteiger partial charge in [-0.25, -0.2) is 0 Å². The van der Waals surface area contributed by atoms with Gasteiger partial charge in [-0.15, -0.1) is 0 Å². The van der Waals surface area contributed by atoms with Crippen molar-refractivity contribution < 1.29 is 27.0 Å². The van der Waals surface area contributed by atoms with Crippen molar-refractivity contribution in [2.75, 3.05) is 0 Å². The van der Waals surface area contributed by atoms with Crippen molar-refractivity contribution in [3.8, 4) is 0 Å². The summed E-state index contributed by atoms with van der Waals surface area (Å²) in [5, 5.41) is 12.5. The van der Waals surface area contributed by atoms with Crippen molar-refractivity contribution in [3.63, 3.8) is 0 Å². The van der Waals surface area contributed by atoms with Gasteiger partial charge in [0.25, 0.3) is 6.47 Å². The van der Waals surface area contributed by atoms with E-state index in [4.69, 9.17) is 9.90 Å². The zero-order chi connectivity index (χ0) is 14.7. The van der Waals surface area contributed by atoms with Crippen molar-refractivity contribution in [2.45, 2.75) is 25.7 Å². The number of fused-ring (bicyclic) bond motifs is 5. The Morgan fingerprint density at radius 3 is 2.32 bits per heavy atom. The van der Waals surface area contributed by atoms with Crippen LogP contribution in [-0.2, 0) is 34.7 Å². The molecule has 117 valence electrons. The van der Waals surface area contributed by atoms with Gasteiger partial charge in [0.05, 0.1) is 0 Å². The Hall–Kier alpha value is -1.83. The molecule has 3 aromatic rings. The van der Waals surface area contributed by atoms with E-state index in [0.29, 0.717) is 0 Å². The molecule has 0 unspecified atom stereocenters.